The second kappa shape index (κ2) is 7.83. The molecule has 0 fully saturated rings. The number of fused-ring (bicyclic) bond motifs is 2. The molecule has 8 heteroatoms. The highest BCUT2D eigenvalue weighted by Crippen LogP contribution is 2.32. The minimum atomic E-state index is 0.437. The van der Waals surface area contributed by atoms with Crippen LogP contribution in [0, 0.1) is 0 Å². The number of nitrogens with two attached hydrogens (primary N) is 1. The van der Waals surface area contributed by atoms with Crippen molar-refractivity contribution < 1.29 is 4.74 Å². The zero-order valence-electron chi connectivity index (χ0n) is 18.3. The van der Waals surface area contributed by atoms with E-state index in [0.717, 1.165) is 46.8 Å². The maximum atomic E-state index is 6.25. The largest absolute Gasteiger partial charge is 0.383 e. The quantitative estimate of drug-likeness (QED) is 0.448. The number of benzene rings is 1. The highest BCUT2D eigenvalue weighted by atomic mass is 16.5. The molecule has 2 N–H and O–H groups in total. The fourth-order valence-corrected chi connectivity index (χ4v) is 4.52. The summed E-state index contributed by atoms with van der Waals surface area (Å²) in [5, 5.41) is 4.58. The van der Waals surface area contributed by atoms with Crippen molar-refractivity contribution >= 4 is 17.0 Å². The number of imidazole rings is 1. The lowest BCUT2D eigenvalue weighted by Gasteiger charge is -2.12. The van der Waals surface area contributed by atoms with Gasteiger partial charge >= 0.3 is 0 Å². The summed E-state index contributed by atoms with van der Waals surface area (Å²) in [7, 11) is 1.66. The number of aromatic nitrogens is 6. The molecular weight excluding hydrogens is 414 g/mol. The van der Waals surface area contributed by atoms with Gasteiger partial charge in [-0.2, -0.15) is 5.10 Å². The zero-order valence-corrected chi connectivity index (χ0v) is 18.3. The minimum absolute atomic E-state index is 0.437. The molecule has 0 amide bonds. The van der Waals surface area contributed by atoms with Gasteiger partial charge in [0, 0.05) is 25.2 Å². The van der Waals surface area contributed by atoms with Crippen LogP contribution in [0.4, 0.5) is 5.82 Å². The standard InChI is InChI=1S/C25H23N7O/c1-33-15-18-11-13-31(30-18)22-10-9-21-25(29-22)32(19-8-7-16-4-2-5-17(16)14-19)24(28-21)20-6-3-12-27-23(20)26/h3,6-14H,2,4-5,15H2,1H3,(H2,26,27). The monoisotopic (exact) mass is 437 g/mol. The fourth-order valence-electron chi connectivity index (χ4n) is 4.52. The van der Waals surface area contributed by atoms with Crippen LogP contribution in [0.3, 0.4) is 0 Å². The summed E-state index contributed by atoms with van der Waals surface area (Å²) in [4.78, 5) is 14.2. The number of pyridine rings is 2. The smallest absolute Gasteiger partial charge is 0.167 e. The summed E-state index contributed by atoms with van der Waals surface area (Å²) < 4.78 is 9.03. The number of rotatable bonds is 5. The van der Waals surface area contributed by atoms with Gasteiger partial charge in [0.15, 0.2) is 17.3 Å². The van der Waals surface area contributed by atoms with E-state index in [9.17, 15) is 0 Å². The lowest BCUT2D eigenvalue weighted by molar-refractivity contribution is 0.181. The number of nitrogens with zero attached hydrogens (tertiary/aromatic N) is 6. The molecule has 33 heavy (non-hydrogen) atoms. The molecule has 0 aliphatic heterocycles. The maximum absolute atomic E-state index is 6.25. The van der Waals surface area contributed by atoms with Crippen molar-refractivity contribution in [3.8, 4) is 22.9 Å². The lowest BCUT2D eigenvalue weighted by Crippen LogP contribution is -2.04. The molecule has 4 heterocycles. The van der Waals surface area contributed by atoms with E-state index in [1.54, 1.807) is 18.0 Å². The Morgan fingerprint density at radius 1 is 1.03 bits per heavy atom. The van der Waals surface area contributed by atoms with E-state index in [0.29, 0.717) is 18.2 Å². The molecule has 0 bridgehead atoms. The van der Waals surface area contributed by atoms with E-state index in [-0.39, 0.29) is 0 Å². The first kappa shape index (κ1) is 19.6. The SMILES string of the molecule is COCc1ccn(-c2ccc3nc(-c4cccnc4N)n(-c4ccc5c(c4)CCC5)c3n2)n1. The molecule has 1 aliphatic carbocycles. The summed E-state index contributed by atoms with van der Waals surface area (Å²) in [5.41, 5.74) is 13.2. The molecule has 164 valence electrons. The number of anilines is 1. The van der Waals surface area contributed by atoms with Crippen molar-refractivity contribution in [3.63, 3.8) is 0 Å². The third-order valence-electron chi connectivity index (χ3n) is 6.08. The van der Waals surface area contributed by atoms with Crippen LogP contribution in [0.1, 0.15) is 23.2 Å². The Balaban J connectivity index is 1.58. The summed E-state index contributed by atoms with van der Waals surface area (Å²) in [5.74, 6) is 1.86. The molecule has 1 aliphatic rings. The number of ether oxygens (including phenoxy) is 1. The van der Waals surface area contributed by atoms with E-state index in [4.69, 9.17) is 20.4 Å². The van der Waals surface area contributed by atoms with Gasteiger partial charge in [-0.05, 0) is 72.9 Å². The van der Waals surface area contributed by atoms with Crippen LogP contribution >= 0.6 is 0 Å². The first-order chi connectivity index (χ1) is 16.2. The first-order valence-corrected chi connectivity index (χ1v) is 11.0. The third-order valence-corrected chi connectivity index (χ3v) is 6.08. The van der Waals surface area contributed by atoms with Crippen LogP contribution in [-0.2, 0) is 24.2 Å². The average molecular weight is 438 g/mol. The highest BCUT2D eigenvalue weighted by Gasteiger charge is 2.20. The number of methoxy groups -OCH3 is 1. The Hall–Kier alpha value is -4.04. The van der Waals surface area contributed by atoms with Crippen molar-refractivity contribution in [3.05, 3.63) is 77.7 Å². The predicted octanol–water partition coefficient (Wildman–Crippen LogP) is 3.89. The van der Waals surface area contributed by atoms with Crippen molar-refractivity contribution in [2.45, 2.75) is 25.9 Å². The highest BCUT2D eigenvalue weighted by molar-refractivity contribution is 5.83. The molecule has 0 unspecified atom stereocenters. The van der Waals surface area contributed by atoms with Crippen LogP contribution in [0.15, 0.2) is 60.9 Å². The summed E-state index contributed by atoms with van der Waals surface area (Å²) in [6.45, 7) is 0.451. The number of nitrogen functional groups attached to an aromatic ring is 1. The van der Waals surface area contributed by atoms with Gasteiger partial charge in [0.25, 0.3) is 0 Å². The third kappa shape index (κ3) is 3.35. The van der Waals surface area contributed by atoms with Crippen molar-refractivity contribution in [1.29, 1.82) is 0 Å². The van der Waals surface area contributed by atoms with Crippen molar-refractivity contribution in [2.24, 2.45) is 0 Å². The van der Waals surface area contributed by atoms with Crippen LogP contribution in [0.2, 0.25) is 0 Å². The Kier molecular flexibility index (Phi) is 4.66. The molecule has 0 radical (unpaired) electrons. The number of hydrogen-bond acceptors (Lipinski definition) is 6. The predicted molar refractivity (Wildman–Crippen MR) is 126 cm³/mol. The second-order valence-corrected chi connectivity index (χ2v) is 8.21. The van der Waals surface area contributed by atoms with Gasteiger partial charge < -0.3 is 10.5 Å². The van der Waals surface area contributed by atoms with Crippen molar-refractivity contribution in [1.82, 2.24) is 29.3 Å². The van der Waals surface area contributed by atoms with Crippen LogP contribution < -0.4 is 5.73 Å². The van der Waals surface area contributed by atoms with E-state index in [2.05, 4.69) is 32.8 Å². The Labute approximate surface area is 190 Å². The van der Waals surface area contributed by atoms with Crippen LogP contribution in [0.5, 0.6) is 0 Å². The summed E-state index contributed by atoms with van der Waals surface area (Å²) in [6.07, 6.45) is 6.99. The van der Waals surface area contributed by atoms with Gasteiger partial charge in [0.1, 0.15) is 11.3 Å². The van der Waals surface area contributed by atoms with Gasteiger partial charge in [-0.1, -0.05) is 6.07 Å². The Morgan fingerprint density at radius 3 is 2.82 bits per heavy atom. The average Bonchev–Trinajstić information content (AvgIpc) is 3.57. The fraction of sp³-hybridized carbons (Fsp3) is 0.200. The number of hydrogen-bond donors (Lipinski definition) is 1. The van der Waals surface area contributed by atoms with Crippen LogP contribution in [-0.4, -0.2) is 36.4 Å². The van der Waals surface area contributed by atoms with Crippen LogP contribution in [0.25, 0.3) is 34.1 Å². The minimum Gasteiger partial charge on any atom is -0.383 e. The topological polar surface area (TPSA) is 96.7 Å². The molecule has 0 saturated heterocycles. The first-order valence-electron chi connectivity index (χ1n) is 11.0. The van der Waals surface area contributed by atoms with E-state index >= 15 is 0 Å². The molecule has 1 aromatic carbocycles. The van der Waals surface area contributed by atoms with Gasteiger partial charge in [-0.15, -0.1) is 0 Å². The van der Waals surface area contributed by atoms with Gasteiger partial charge in [-0.25, -0.2) is 19.6 Å². The Morgan fingerprint density at radius 2 is 1.94 bits per heavy atom. The molecule has 0 saturated carbocycles. The number of aryl methyl sites for hydroxylation is 2. The molecular formula is C25H23N7O. The van der Waals surface area contributed by atoms with Gasteiger partial charge in [-0.3, -0.25) is 4.57 Å². The zero-order chi connectivity index (χ0) is 22.4. The maximum Gasteiger partial charge on any atom is 0.167 e. The van der Waals surface area contributed by atoms with Gasteiger partial charge in [0.2, 0.25) is 0 Å². The molecule has 4 aromatic heterocycles. The molecule has 0 spiro atoms. The van der Waals surface area contributed by atoms with E-state index < -0.39 is 0 Å². The summed E-state index contributed by atoms with van der Waals surface area (Å²) in [6, 6.07) is 16.2. The normalized spacial score (nSPS) is 13.0. The summed E-state index contributed by atoms with van der Waals surface area (Å²) >= 11 is 0. The molecule has 0 atom stereocenters. The van der Waals surface area contributed by atoms with Gasteiger partial charge in [0.05, 0.1) is 17.9 Å². The Bertz CT molecular complexity index is 1480. The van der Waals surface area contributed by atoms with Crippen molar-refractivity contribution in [2.75, 3.05) is 12.8 Å². The lowest BCUT2D eigenvalue weighted by atomic mass is 10.1. The van der Waals surface area contributed by atoms with E-state index in [1.807, 2.05) is 36.5 Å². The molecule has 5 aromatic rings. The molecule has 8 nitrogen and oxygen atoms in total. The molecule has 6 rings (SSSR count). The van der Waals surface area contributed by atoms with E-state index in [1.165, 1.54) is 17.5 Å². The second-order valence-electron chi connectivity index (χ2n) is 8.21.